The average Bonchev–Trinajstić information content (AvgIpc) is 3.25. The maximum absolute atomic E-state index is 4.64. The lowest BCUT2D eigenvalue weighted by Crippen LogP contribution is -2.02. The molecule has 5 rings (SSSR count). The van der Waals surface area contributed by atoms with E-state index >= 15 is 0 Å². The summed E-state index contributed by atoms with van der Waals surface area (Å²) in [6, 6.07) is 38.4. The zero-order valence-electron chi connectivity index (χ0n) is 19.9. The number of hydrogen-bond donors (Lipinski definition) is 0. The van der Waals surface area contributed by atoms with Crippen molar-refractivity contribution in [2.45, 2.75) is 26.7 Å². The fourth-order valence-electron chi connectivity index (χ4n) is 4.88. The summed E-state index contributed by atoms with van der Waals surface area (Å²) in [6.07, 6.45) is 0. The lowest BCUT2D eigenvalue weighted by molar-refractivity contribution is 0.977. The summed E-state index contributed by atoms with van der Waals surface area (Å²) in [7, 11) is 0. The molecule has 0 spiro atoms. The van der Waals surface area contributed by atoms with Crippen LogP contribution in [0.1, 0.15) is 39.3 Å². The number of rotatable bonds is 5. The zero-order valence-corrected chi connectivity index (χ0v) is 19.9. The van der Waals surface area contributed by atoms with E-state index in [1.54, 1.807) is 0 Å². The van der Waals surface area contributed by atoms with Crippen molar-refractivity contribution >= 4 is 11.4 Å². The molecule has 0 heterocycles. The van der Waals surface area contributed by atoms with Gasteiger partial charge >= 0.3 is 0 Å². The van der Waals surface area contributed by atoms with E-state index in [-0.39, 0.29) is 5.92 Å². The molecular weight excluding hydrogens is 412 g/mol. The van der Waals surface area contributed by atoms with Crippen molar-refractivity contribution in [1.29, 1.82) is 0 Å². The predicted octanol–water partition coefficient (Wildman–Crippen LogP) is 9.31. The second kappa shape index (κ2) is 9.44. The number of benzene rings is 3. The van der Waals surface area contributed by atoms with Crippen LogP contribution < -0.4 is 0 Å². The van der Waals surface area contributed by atoms with Crippen molar-refractivity contribution in [2.24, 2.45) is 10.2 Å². The third-order valence-corrected chi connectivity index (χ3v) is 6.41. The Kier molecular flexibility index (Phi) is 6.05. The summed E-state index contributed by atoms with van der Waals surface area (Å²) in [5.41, 5.74) is 11.7. The van der Waals surface area contributed by atoms with Crippen LogP contribution in [0.3, 0.4) is 0 Å². The van der Waals surface area contributed by atoms with Crippen LogP contribution in [-0.4, -0.2) is 0 Å². The second-order valence-electron chi connectivity index (χ2n) is 8.95. The molecule has 0 bridgehead atoms. The van der Waals surface area contributed by atoms with Gasteiger partial charge in [-0.25, -0.2) is 0 Å². The minimum Gasteiger partial charge on any atom is -0.151 e. The van der Waals surface area contributed by atoms with Gasteiger partial charge in [0, 0.05) is 11.5 Å². The molecule has 0 saturated heterocycles. The van der Waals surface area contributed by atoms with Gasteiger partial charge in [0.25, 0.3) is 0 Å². The summed E-state index contributed by atoms with van der Waals surface area (Å²) >= 11 is 0. The fourth-order valence-corrected chi connectivity index (χ4v) is 4.88. The first-order chi connectivity index (χ1) is 16.6. The van der Waals surface area contributed by atoms with Gasteiger partial charge in [-0.2, -0.15) is 5.11 Å². The molecule has 0 unspecified atom stereocenters. The van der Waals surface area contributed by atoms with Crippen molar-refractivity contribution in [3.63, 3.8) is 0 Å². The summed E-state index contributed by atoms with van der Waals surface area (Å²) in [5.74, 6) is 0.182. The topological polar surface area (TPSA) is 24.7 Å². The van der Waals surface area contributed by atoms with E-state index in [2.05, 4.69) is 140 Å². The highest BCUT2D eigenvalue weighted by Crippen LogP contribution is 2.40. The Morgan fingerprint density at radius 2 is 1.09 bits per heavy atom. The molecule has 0 saturated carbocycles. The first kappa shape index (κ1) is 21.8. The lowest BCUT2D eigenvalue weighted by atomic mass is 9.85. The summed E-state index contributed by atoms with van der Waals surface area (Å²) in [6.45, 7) is 6.44. The van der Waals surface area contributed by atoms with Gasteiger partial charge in [-0.05, 0) is 72.4 Å². The Morgan fingerprint density at radius 1 is 0.529 bits per heavy atom. The van der Waals surface area contributed by atoms with Crippen molar-refractivity contribution in [1.82, 2.24) is 0 Å². The minimum absolute atomic E-state index is 0.182. The average molecular weight is 441 g/mol. The van der Waals surface area contributed by atoms with Gasteiger partial charge in [0.1, 0.15) is 0 Å². The fraction of sp³-hybridized carbons (Fsp3) is 0.125. The molecule has 0 fully saturated rings. The molecule has 2 aliphatic carbocycles. The standard InChI is InChI=1S/C32H28N2/c1-22-20-23(2)29-18-19-30(31(29)24(3)21-22)34-33-28-16-14-27(15-17-28)32(25-10-6-4-7-11-25)26-12-8-5-9-13-26/h4-21,32H,1-3H3. The predicted molar refractivity (Wildman–Crippen MR) is 142 cm³/mol. The molecule has 34 heavy (non-hydrogen) atoms. The monoisotopic (exact) mass is 440 g/mol. The van der Waals surface area contributed by atoms with Crippen LogP contribution in [0.5, 0.6) is 0 Å². The van der Waals surface area contributed by atoms with E-state index < -0.39 is 0 Å². The van der Waals surface area contributed by atoms with E-state index in [1.165, 1.54) is 44.5 Å². The van der Waals surface area contributed by atoms with Crippen molar-refractivity contribution in [2.75, 3.05) is 0 Å². The minimum atomic E-state index is 0.182. The molecule has 0 atom stereocenters. The van der Waals surface area contributed by atoms with E-state index in [4.69, 9.17) is 0 Å². The van der Waals surface area contributed by atoms with Crippen molar-refractivity contribution in [3.8, 4) is 11.1 Å². The van der Waals surface area contributed by atoms with Crippen LogP contribution in [-0.2, 0) is 0 Å². The molecule has 3 aromatic rings. The Balaban J connectivity index is 1.46. The van der Waals surface area contributed by atoms with Gasteiger partial charge in [-0.1, -0.05) is 96.6 Å². The molecular formula is C32H28N2. The van der Waals surface area contributed by atoms with Gasteiger partial charge in [0.2, 0.25) is 0 Å². The lowest BCUT2D eigenvalue weighted by Gasteiger charge is -2.19. The third-order valence-electron chi connectivity index (χ3n) is 6.41. The van der Waals surface area contributed by atoms with Crippen molar-refractivity contribution in [3.05, 3.63) is 143 Å². The van der Waals surface area contributed by atoms with Crippen LogP contribution in [0.2, 0.25) is 0 Å². The van der Waals surface area contributed by atoms with Crippen LogP contribution in [0.4, 0.5) is 11.4 Å². The van der Waals surface area contributed by atoms with Gasteiger partial charge in [-0.3, -0.25) is 0 Å². The van der Waals surface area contributed by atoms with E-state index in [9.17, 15) is 0 Å². The highest BCUT2D eigenvalue weighted by atomic mass is 15.1. The molecule has 2 aliphatic rings. The number of azo groups is 1. The molecule has 0 N–H and O–H groups in total. The van der Waals surface area contributed by atoms with Gasteiger partial charge in [0.15, 0.2) is 0 Å². The van der Waals surface area contributed by atoms with E-state index in [1.807, 2.05) is 0 Å². The smallest absolute Gasteiger partial charge is 0.0938 e. The van der Waals surface area contributed by atoms with Gasteiger partial charge < -0.3 is 0 Å². The van der Waals surface area contributed by atoms with E-state index in [0.717, 1.165) is 11.4 Å². The number of nitrogens with zero attached hydrogens (tertiary/aromatic N) is 2. The van der Waals surface area contributed by atoms with Gasteiger partial charge in [-0.15, -0.1) is 5.11 Å². The van der Waals surface area contributed by atoms with Crippen molar-refractivity contribution < 1.29 is 0 Å². The first-order valence-corrected chi connectivity index (χ1v) is 11.7. The molecule has 0 aromatic heterocycles. The SMILES string of the molecule is Cc1cc(C)c2ccc(N=Nc3ccc(C(c4ccccc4)c4ccccc4)cc3)c-2c(C)c1. The Labute approximate surface area is 202 Å². The van der Waals surface area contributed by atoms with Gasteiger partial charge in [0.05, 0.1) is 11.4 Å². The van der Waals surface area contributed by atoms with Crippen LogP contribution >= 0.6 is 0 Å². The molecule has 2 nitrogen and oxygen atoms in total. The Hall–Kier alpha value is -4.04. The summed E-state index contributed by atoms with van der Waals surface area (Å²) in [5, 5.41) is 9.22. The molecule has 0 aliphatic heterocycles. The number of aryl methyl sites for hydroxylation is 3. The summed E-state index contributed by atoms with van der Waals surface area (Å²) < 4.78 is 0. The maximum atomic E-state index is 4.64. The highest BCUT2D eigenvalue weighted by molar-refractivity contribution is 5.84. The molecule has 0 amide bonds. The maximum Gasteiger partial charge on any atom is 0.0938 e. The Morgan fingerprint density at radius 3 is 1.71 bits per heavy atom. The van der Waals surface area contributed by atoms with Crippen LogP contribution in [0, 0.1) is 20.8 Å². The third kappa shape index (κ3) is 4.40. The molecule has 166 valence electrons. The molecule has 3 aromatic carbocycles. The number of hydrogen-bond acceptors (Lipinski definition) is 2. The Bertz CT molecular complexity index is 1360. The van der Waals surface area contributed by atoms with Crippen LogP contribution in [0.15, 0.2) is 119 Å². The quantitative estimate of drug-likeness (QED) is 0.192. The largest absolute Gasteiger partial charge is 0.151 e. The summed E-state index contributed by atoms with van der Waals surface area (Å²) in [4.78, 5) is 0. The van der Waals surface area contributed by atoms with Crippen LogP contribution in [0.25, 0.3) is 11.1 Å². The number of fused-ring (bicyclic) bond motifs is 1. The second-order valence-corrected chi connectivity index (χ2v) is 8.95. The van der Waals surface area contributed by atoms with E-state index in [0.29, 0.717) is 0 Å². The highest BCUT2D eigenvalue weighted by Gasteiger charge is 2.17. The molecule has 2 heteroatoms. The normalized spacial score (nSPS) is 11.5. The zero-order chi connectivity index (χ0) is 23.5. The molecule has 0 radical (unpaired) electrons. The first-order valence-electron chi connectivity index (χ1n) is 11.7.